The molecule has 1 aliphatic rings. The topological polar surface area (TPSA) is 38.0 Å². The Morgan fingerprint density at radius 1 is 1.37 bits per heavy atom. The van der Waals surface area contributed by atoms with Gasteiger partial charge in [0.2, 0.25) is 0 Å². The molecule has 0 aliphatic heterocycles. The molecule has 106 valence electrons. The third-order valence-electron chi connectivity index (χ3n) is 4.40. The Morgan fingerprint density at radius 2 is 2.05 bits per heavy atom. The average Bonchev–Trinajstić information content (AvgIpc) is 2.47. The van der Waals surface area contributed by atoms with E-state index in [-0.39, 0.29) is 5.54 Å². The molecule has 0 spiro atoms. The molecule has 3 heteroatoms. The van der Waals surface area contributed by atoms with Crippen molar-refractivity contribution in [3.05, 3.63) is 28.2 Å². The van der Waals surface area contributed by atoms with Gasteiger partial charge in [0.15, 0.2) is 0 Å². The second-order valence-electron chi connectivity index (χ2n) is 6.95. The number of aryl methyl sites for hydroxylation is 1. The monoisotopic (exact) mass is 324 g/mol. The summed E-state index contributed by atoms with van der Waals surface area (Å²) in [4.78, 5) is 0. The predicted molar refractivity (Wildman–Crippen MR) is 86.5 cm³/mol. The lowest BCUT2D eigenvalue weighted by Gasteiger charge is -2.35. The van der Waals surface area contributed by atoms with Gasteiger partial charge in [-0.15, -0.1) is 0 Å². The van der Waals surface area contributed by atoms with Crippen molar-refractivity contribution in [1.82, 2.24) is 0 Å². The average molecular weight is 325 g/mol. The van der Waals surface area contributed by atoms with Gasteiger partial charge in [-0.1, -0.05) is 36.7 Å². The van der Waals surface area contributed by atoms with E-state index in [0.29, 0.717) is 17.9 Å². The smallest absolute Gasteiger partial charge is 0.0526 e. The molecule has 2 rings (SSSR count). The van der Waals surface area contributed by atoms with Crippen molar-refractivity contribution in [2.75, 3.05) is 11.9 Å². The highest BCUT2D eigenvalue weighted by Gasteiger charge is 2.47. The van der Waals surface area contributed by atoms with Gasteiger partial charge in [-0.05, 0) is 54.9 Å². The summed E-state index contributed by atoms with van der Waals surface area (Å²) in [7, 11) is 0. The quantitative estimate of drug-likeness (QED) is 0.868. The predicted octanol–water partition coefficient (Wildman–Crippen LogP) is 4.32. The van der Waals surface area contributed by atoms with Crippen LogP contribution < -0.4 is 11.1 Å². The number of nitrogens with one attached hydrogen (secondary N) is 1. The minimum absolute atomic E-state index is 0.0245. The molecule has 1 aromatic rings. The summed E-state index contributed by atoms with van der Waals surface area (Å²) >= 11 is 3.57. The van der Waals surface area contributed by atoms with Gasteiger partial charge in [0.05, 0.1) is 5.54 Å². The van der Waals surface area contributed by atoms with Crippen LogP contribution in [0.15, 0.2) is 22.7 Å². The summed E-state index contributed by atoms with van der Waals surface area (Å²) in [5.41, 5.74) is 8.95. The Hall–Kier alpha value is -0.540. The lowest BCUT2D eigenvalue weighted by molar-refractivity contribution is 0.350. The molecule has 1 aliphatic carbocycles. The van der Waals surface area contributed by atoms with Crippen molar-refractivity contribution in [3.8, 4) is 0 Å². The van der Waals surface area contributed by atoms with Gasteiger partial charge in [0.1, 0.15) is 0 Å². The number of anilines is 1. The Morgan fingerprint density at radius 3 is 2.53 bits per heavy atom. The lowest BCUT2D eigenvalue weighted by Crippen LogP contribution is -2.48. The van der Waals surface area contributed by atoms with E-state index in [1.807, 2.05) is 0 Å². The van der Waals surface area contributed by atoms with Crippen molar-refractivity contribution in [2.45, 2.75) is 46.1 Å². The summed E-state index contributed by atoms with van der Waals surface area (Å²) in [5, 5.41) is 3.74. The number of hydrogen-bond donors (Lipinski definition) is 2. The Kier molecular flexibility index (Phi) is 3.99. The lowest BCUT2D eigenvalue weighted by atomic mass is 9.86. The number of halogens is 1. The fraction of sp³-hybridized carbons (Fsp3) is 0.625. The first-order valence-corrected chi connectivity index (χ1v) is 7.81. The molecule has 1 saturated carbocycles. The largest absolute Gasteiger partial charge is 0.378 e. The van der Waals surface area contributed by atoms with E-state index in [1.54, 1.807) is 0 Å². The molecule has 0 amide bonds. The van der Waals surface area contributed by atoms with Crippen LogP contribution in [0.3, 0.4) is 0 Å². The molecule has 0 heterocycles. The van der Waals surface area contributed by atoms with Crippen LogP contribution in [0.4, 0.5) is 5.69 Å². The zero-order valence-corrected chi connectivity index (χ0v) is 14.0. The molecule has 2 nitrogen and oxygen atoms in total. The molecule has 3 N–H and O–H groups in total. The first-order chi connectivity index (χ1) is 8.76. The van der Waals surface area contributed by atoms with Crippen LogP contribution in [0.5, 0.6) is 0 Å². The van der Waals surface area contributed by atoms with Crippen molar-refractivity contribution in [1.29, 1.82) is 0 Å². The third kappa shape index (κ3) is 3.14. The van der Waals surface area contributed by atoms with Gasteiger partial charge in [0, 0.05) is 16.7 Å². The Labute approximate surface area is 125 Å². The summed E-state index contributed by atoms with van der Waals surface area (Å²) < 4.78 is 1.12. The number of rotatable bonds is 3. The minimum atomic E-state index is 0.0245. The van der Waals surface area contributed by atoms with Crippen LogP contribution >= 0.6 is 15.9 Å². The van der Waals surface area contributed by atoms with Crippen LogP contribution in [0.1, 0.15) is 39.2 Å². The molecule has 2 atom stereocenters. The van der Waals surface area contributed by atoms with Gasteiger partial charge >= 0.3 is 0 Å². The van der Waals surface area contributed by atoms with Crippen molar-refractivity contribution < 1.29 is 0 Å². The van der Waals surface area contributed by atoms with E-state index >= 15 is 0 Å². The Balaban J connectivity index is 2.28. The highest BCUT2D eigenvalue weighted by Crippen LogP contribution is 2.48. The van der Waals surface area contributed by atoms with Crippen molar-refractivity contribution >= 4 is 21.6 Å². The van der Waals surface area contributed by atoms with Crippen molar-refractivity contribution in [3.63, 3.8) is 0 Å². The zero-order chi connectivity index (χ0) is 14.3. The highest BCUT2D eigenvalue weighted by atomic mass is 79.9. The number of nitrogens with two attached hydrogens (primary N) is 1. The molecule has 0 saturated heterocycles. The molecule has 0 radical (unpaired) electrons. The van der Waals surface area contributed by atoms with Crippen LogP contribution in [-0.4, -0.2) is 12.1 Å². The van der Waals surface area contributed by atoms with Gasteiger partial charge in [-0.2, -0.15) is 0 Å². The Bertz CT molecular complexity index is 450. The molecule has 2 unspecified atom stereocenters. The molecule has 0 bridgehead atoms. The maximum atomic E-state index is 6.13. The van der Waals surface area contributed by atoms with Crippen molar-refractivity contribution in [2.24, 2.45) is 17.1 Å². The number of hydrogen-bond acceptors (Lipinski definition) is 2. The molecule has 1 aromatic carbocycles. The zero-order valence-electron chi connectivity index (χ0n) is 12.4. The summed E-state index contributed by atoms with van der Waals surface area (Å²) in [5.74, 6) is 0.590. The first kappa shape index (κ1) is 14.9. The summed E-state index contributed by atoms with van der Waals surface area (Å²) in [6.45, 7) is 9.80. The van der Waals surface area contributed by atoms with Gasteiger partial charge < -0.3 is 11.1 Å². The SMILES string of the molecule is Cc1cc(Br)cc(NC2(CN)CC(C)(C)CC2C)c1. The van der Waals surface area contributed by atoms with E-state index in [9.17, 15) is 0 Å². The molecular weight excluding hydrogens is 300 g/mol. The molecule has 0 aromatic heterocycles. The molecule has 1 fully saturated rings. The van der Waals surface area contributed by atoms with Crippen LogP contribution in [-0.2, 0) is 0 Å². The number of benzene rings is 1. The van der Waals surface area contributed by atoms with Crippen LogP contribution in [0.2, 0.25) is 0 Å². The van der Waals surface area contributed by atoms with Crippen LogP contribution in [0.25, 0.3) is 0 Å². The standard InChI is InChI=1S/C16H25BrN2/c1-11-5-13(17)7-14(6-11)19-16(10-18)9-15(3,4)8-12(16)2/h5-7,12,19H,8-10,18H2,1-4H3. The molecular formula is C16H25BrN2. The summed E-state index contributed by atoms with van der Waals surface area (Å²) in [6.07, 6.45) is 2.35. The van der Waals surface area contributed by atoms with Gasteiger partial charge in [-0.25, -0.2) is 0 Å². The fourth-order valence-electron chi connectivity index (χ4n) is 3.71. The fourth-order valence-corrected chi connectivity index (χ4v) is 4.32. The van der Waals surface area contributed by atoms with Gasteiger partial charge in [-0.3, -0.25) is 0 Å². The van der Waals surface area contributed by atoms with Crippen LogP contribution in [0, 0.1) is 18.3 Å². The normalized spacial score (nSPS) is 29.5. The van der Waals surface area contributed by atoms with E-state index < -0.39 is 0 Å². The second-order valence-corrected chi connectivity index (χ2v) is 7.86. The van der Waals surface area contributed by atoms with E-state index in [0.717, 1.165) is 10.9 Å². The van der Waals surface area contributed by atoms with E-state index in [1.165, 1.54) is 17.7 Å². The minimum Gasteiger partial charge on any atom is -0.378 e. The third-order valence-corrected chi connectivity index (χ3v) is 4.85. The van der Waals surface area contributed by atoms with E-state index in [4.69, 9.17) is 5.73 Å². The van der Waals surface area contributed by atoms with Gasteiger partial charge in [0.25, 0.3) is 0 Å². The van der Waals surface area contributed by atoms with E-state index in [2.05, 4.69) is 67.1 Å². The first-order valence-electron chi connectivity index (χ1n) is 7.02. The maximum absolute atomic E-state index is 6.13. The molecule has 19 heavy (non-hydrogen) atoms. The second kappa shape index (κ2) is 5.10. The summed E-state index contributed by atoms with van der Waals surface area (Å²) in [6, 6.07) is 6.46. The highest BCUT2D eigenvalue weighted by molar-refractivity contribution is 9.10. The maximum Gasteiger partial charge on any atom is 0.0526 e.